The van der Waals surface area contributed by atoms with E-state index in [1.165, 1.54) is 18.2 Å². The van der Waals surface area contributed by atoms with Crippen LogP contribution in [0.4, 0.5) is 18.9 Å². The van der Waals surface area contributed by atoms with Gasteiger partial charge in [-0.2, -0.15) is 18.3 Å². The average molecular weight is 340 g/mol. The molecule has 1 aromatic carbocycles. The number of carbonyl (C=O) groups excluding carboxylic acids is 1. The van der Waals surface area contributed by atoms with Crippen LogP contribution in [0.1, 0.15) is 34.0 Å². The summed E-state index contributed by atoms with van der Waals surface area (Å²) in [5.41, 5.74) is -1.44. The molecule has 2 unspecified atom stereocenters. The molecule has 2 aromatic rings. The lowest BCUT2D eigenvalue weighted by Crippen LogP contribution is -2.27. The number of carbonyl (C=O) groups is 1. The maximum Gasteiger partial charge on any atom is 0.416 e. The number of nitrogens with zero attached hydrogens (tertiary/aromatic N) is 2. The van der Waals surface area contributed by atoms with Gasteiger partial charge < -0.3 is 5.32 Å². The van der Waals surface area contributed by atoms with Crippen LogP contribution in [0.2, 0.25) is 0 Å². The summed E-state index contributed by atoms with van der Waals surface area (Å²) in [5.74, 6) is -1.25. The number of nitro groups is 1. The predicted octanol–water partition coefficient (Wildman–Crippen LogP) is 2.62. The summed E-state index contributed by atoms with van der Waals surface area (Å²) >= 11 is 0. The lowest BCUT2D eigenvalue weighted by molar-refractivity contribution is -0.385. The van der Waals surface area contributed by atoms with E-state index < -0.39 is 40.2 Å². The number of alkyl halides is 3. The molecule has 1 fully saturated rings. The zero-order valence-corrected chi connectivity index (χ0v) is 12.0. The van der Waals surface area contributed by atoms with E-state index in [0.29, 0.717) is 6.42 Å². The monoisotopic (exact) mass is 340 g/mol. The van der Waals surface area contributed by atoms with Crippen LogP contribution in [0.5, 0.6) is 0 Å². The van der Waals surface area contributed by atoms with Gasteiger partial charge in [-0.3, -0.25) is 20.0 Å². The molecule has 1 saturated carbocycles. The molecular weight excluding hydrogens is 329 g/mol. The lowest BCUT2D eigenvalue weighted by Gasteiger charge is -2.12. The molecule has 0 radical (unpaired) electrons. The van der Waals surface area contributed by atoms with E-state index in [1.54, 1.807) is 0 Å². The number of amides is 1. The molecule has 2 atom stereocenters. The summed E-state index contributed by atoms with van der Waals surface area (Å²) in [4.78, 5) is 22.0. The highest BCUT2D eigenvalue weighted by Gasteiger charge is 2.45. The second-order valence-electron chi connectivity index (χ2n) is 5.39. The number of hydrogen-bond acceptors (Lipinski definition) is 4. The van der Waals surface area contributed by atoms with Gasteiger partial charge in [-0.05, 0) is 18.1 Å². The van der Waals surface area contributed by atoms with Crippen LogP contribution in [0.3, 0.4) is 0 Å². The van der Waals surface area contributed by atoms with Crippen LogP contribution in [0.15, 0.2) is 30.5 Å². The molecule has 0 spiro atoms. The lowest BCUT2D eigenvalue weighted by atomic mass is 10.0. The Morgan fingerprint density at radius 1 is 1.38 bits per heavy atom. The van der Waals surface area contributed by atoms with Crippen molar-refractivity contribution in [3.63, 3.8) is 0 Å². The number of rotatable bonds is 4. The van der Waals surface area contributed by atoms with Gasteiger partial charge in [-0.1, -0.05) is 18.2 Å². The molecule has 7 nitrogen and oxygen atoms in total. The zero-order chi connectivity index (χ0) is 17.5. The third-order valence-electron chi connectivity index (χ3n) is 3.82. The Balaban J connectivity index is 1.74. The van der Waals surface area contributed by atoms with Gasteiger partial charge in [0.1, 0.15) is 6.20 Å². The molecule has 0 saturated heterocycles. The largest absolute Gasteiger partial charge is 0.416 e. The molecule has 2 N–H and O–H groups in total. The van der Waals surface area contributed by atoms with Crippen molar-refractivity contribution in [3.8, 4) is 0 Å². The minimum atomic E-state index is -4.48. The van der Waals surface area contributed by atoms with Gasteiger partial charge in [0.25, 0.3) is 5.91 Å². The molecule has 24 heavy (non-hydrogen) atoms. The Morgan fingerprint density at radius 3 is 2.75 bits per heavy atom. The van der Waals surface area contributed by atoms with Crippen molar-refractivity contribution in [2.45, 2.75) is 24.6 Å². The molecule has 1 aromatic heterocycles. The number of benzene rings is 1. The SMILES string of the molecule is O=C(NC1CC1c1ccccc1C(F)(F)F)c1[nH]ncc1[N+](=O)[O-]. The van der Waals surface area contributed by atoms with E-state index in [-0.39, 0.29) is 11.3 Å². The minimum Gasteiger partial charge on any atom is -0.347 e. The van der Waals surface area contributed by atoms with Crippen molar-refractivity contribution in [2.24, 2.45) is 0 Å². The first kappa shape index (κ1) is 16.0. The Kier molecular flexibility index (Phi) is 3.74. The van der Waals surface area contributed by atoms with E-state index in [2.05, 4.69) is 15.5 Å². The molecule has 1 aliphatic rings. The number of halogens is 3. The van der Waals surface area contributed by atoms with Gasteiger partial charge in [-0.15, -0.1) is 0 Å². The number of nitrogens with one attached hydrogen (secondary N) is 2. The normalized spacial score (nSPS) is 19.8. The van der Waals surface area contributed by atoms with Crippen molar-refractivity contribution in [2.75, 3.05) is 0 Å². The van der Waals surface area contributed by atoms with Crippen molar-refractivity contribution in [1.82, 2.24) is 15.5 Å². The van der Waals surface area contributed by atoms with Gasteiger partial charge in [0.05, 0.1) is 10.5 Å². The van der Waals surface area contributed by atoms with E-state index >= 15 is 0 Å². The molecule has 1 heterocycles. The Morgan fingerprint density at radius 2 is 2.08 bits per heavy atom. The predicted molar refractivity (Wildman–Crippen MR) is 75.3 cm³/mol. The van der Waals surface area contributed by atoms with Crippen molar-refractivity contribution < 1.29 is 22.9 Å². The maximum absolute atomic E-state index is 13.0. The fourth-order valence-corrected chi connectivity index (χ4v) is 2.60. The molecule has 10 heteroatoms. The summed E-state index contributed by atoms with van der Waals surface area (Å²) < 4.78 is 39.0. The van der Waals surface area contributed by atoms with Gasteiger partial charge in [0.15, 0.2) is 0 Å². The highest BCUT2D eigenvalue weighted by Crippen LogP contribution is 2.46. The standard InChI is InChI=1S/C14H11F3N4O3/c15-14(16,17)9-4-2-1-3-7(9)8-5-10(8)19-13(22)12-11(21(23)24)6-18-20-12/h1-4,6,8,10H,5H2,(H,18,20)(H,19,22). The van der Waals surface area contributed by atoms with Crippen LogP contribution in [-0.4, -0.2) is 27.1 Å². The topological polar surface area (TPSA) is 101 Å². The molecule has 0 aliphatic heterocycles. The van der Waals surface area contributed by atoms with Crippen LogP contribution < -0.4 is 5.32 Å². The fourth-order valence-electron chi connectivity index (χ4n) is 2.60. The maximum atomic E-state index is 13.0. The summed E-state index contributed by atoms with van der Waals surface area (Å²) in [6, 6.07) is 4.66. The molecule has 3 rings (SSSR count). The average Bonchev–Trinajstić information content (AvgIpc) is 3.08. The molecule has 1 aliphatic carbocycles. The molecule has 126 valence electrons. The van der Waals surface area contributed by atoms with E-state index in [0.717, 1.165) is 12.3 Å². The van der Waals surface area contributed by atoms with E-state index in [4.69, 9.17) is 0 Å². The zero-order valence-electron chi connectivity index (χ0n) is 12.0. The number of H-pyrrole nitrogens is 1. The first-order valence-corrected chi connectivity index (χ1v) is 6.93. The summed E-state index contributed by atoms with van der Waals surface area (Å²) in [5, 5.41) is 18.9. The van der Waals surface area contributed by atoms with Gasteiger partial charge in [-0.25, -0.2) is 0 Å². The quantitative estimate of drug-likeness (QED) is 0.660. The minimum absolute atomic E-state index is 0.106. The first-order valence-electron chi connectivity index (χ1n) is 6.93. The first-order chi connectivity index (χ1) is 11.3. The third kappa shape index (κ3) is 2.94. The molecule has 1 amide bonds. The number of aromatic amines is 1. The van der Waals surface area contributed by atoms with E-state index in [9.17, 15) is 28.1 Å². The second-order valence-corrected chi connectivity index (χ2v) is 5.39. The van der Waals surface area contributed by atoms with E-state index in [1.807, 2.05) is 0 Å². The van der Waals surface area contributed by atoms with Crippen LogP contribution in [-0.2, 0) is 6.18 Å². The molecular formula is C14H11F3N4O3. The summed E-state index contributed by atoms with van der Waals surface area (Å²) in [7, 11) is 0. The smallest absolute Gasteiger partial charge is 0.347 e. The fraction of sp³-hybridized carbons (Fsp3) is 0.286. The Hall–Kier alpha value is -2.91. The second kappa shape index (κ2) is 5.62. The van der Waals surface area contributed by atoms with Crippen molar-refractivity contribution >= 4 is 11.6 Å². The van der Waals surface area contributed by atoms with Gasteiger partial charge in [0, 0.05) is 12.0 Å². The molecule has 0 bridgehead atoms. The Bertz CT molecular complexity index is 803. The highest BCUT2D eigenvalue weighted by atomic mass is 19.4. The van der Waals surface area contributed by atoms with Crippen LogP contribution in [0.25, 0.3) is 0 Å². The van der Waals surface area contributed by atoms with Gasteiger partial charge >= 0.3 is 11.9 Å². The Labute approximate surface area is 133 Å². The third-order valence-corrected chi connectivity index (χ3v) is 3.82. The van der Waals surface area contributed by atoms with Crippen LogP contribution in [0, 0.1) is 10.1 Å². The number of hydrogen-bond donors (Lipinski definition) is 2. The van der Waals surface area contributed by atoms with Crippen molar-refractivity contribution in [3.05, 3.63) is 57.4 Å². The van der Waals surface area contributed by atoms with Gasteiger partial charge in [0.2, 0.25) is 5.69 Å². The summed E-state index contributed by atoms with van der Waals surface area (Å²) in [6.07, 6.45) is -3.24. The van der Waals surface area contributed by atoms with Crippen LogP contribution >= 0.6 is 0 Å². The highest BCUT2D eigenvalue weighted by molar-refractivity contribution is 5.96. The number of aromatic nitrogens is 2. The summed E-state index contributed by atoms with van der Waals surface area (Å²) in [6.45, 7) is 0. The van der Waals surface area contributed by atoms with Crippen molar-refractivity contribution in [1.29, 1.82) is 0 Å².